The molecule has 5 atom stereocenters. The van der Waals surface area contributed by atoms with Crippen molar-refractivity contribution in [1.29, 1.82) is 10.5 Å². The van der Waals surface area contributed by atoms with Crippen LogP contribution in [0.5, 0.6) is 0 Å². The van der Waals surface area contributed by atoms with Crippen LogP contribution in [0.1, 0.15) is 107 Å². The van der Waals surface area contributed by atoms with Crippen molar-refractivity contribution in [3.63, 3.8) is 0 Å². The van der Waals surface area contributed by atoms with Crippen LogP contribution in [-0.2, 0) is 27.3 Å². The van der Waals surface area contributed by atoms with Gasteiger partial charge in [0.15, 0.2) is 5.82 Å². The number of aryl methyl sites for hydroxylation is 1. The molecule has 330 valence electrons. The van der Waals surface area contributed by atoms with Crippen LogP contribution in [0.2, 0.25) is 10.0 Å². The summed E-state index contributed by atoms with van der Waals surface area (Å²) < 4.78 is 46.5. The van der Waals surface area contributed by atoms with Gasteiger partial charge in [-0.3, -0.25) is 4.79 Å². The number of allylic oxidation sites excluding steroid dienone is 1. The molecule has 14 heteroatoms. The highest BCUT2D eigenvalue weighted by molar-refractivity contribution is 6.43. The van der Waals surface area contributed by atoms with Gasteiger partial charge in [0.1, 0.15) is 16.9 Å². The number of ether oxygens (including phenoxy) is 2. The third-order valence-electron chi connectivity index (χ3n) is 13.5. The minimum Gasteiger partial charge on any atom is -0.444 e. The van der Waals surface area contributed by atoms with E-state index in [9.17, 15) is 24.5 Å². The Morgan fingerprint density at radius 2 is 1.78 bits per heavy atom. The van der Waals surface area contributed by atoms with Gasteiger partial charge < -0.3 is 23.8 Å². The summed E-state index contributed by atoms with van der Waals surface area (Å²) in [6.45, 7) is 14.4. The second kappa shape index (κ2) is 16.2. The summed E-state index contributed by atoms with van der Waals surface area (Å²) >= 11 is 13.3. The summed E-state index contributed by atoms with van der Waals surface area (Å²) in [5.41, 5.74) is 3.23. The lowest BCUT2D eigenvalue weighted by Crippen LogP contribution is -2.45. The van der Waals surface area contributed by atoms with E-state index >= 15 is 4.39 Å². The lowest BCUT2D eigenvalue weighted by Gasteiger charge is -2.40. The van der Waals surface area contributed by atoms with Crippen LogP contribution in [0.25, 0.3) is 38.5 Å². The molecule has 5 aromatic rings. The van der Waals surface area contributed by atoms with Gasteiger partial charge in [-0.15, -0.1) is 0 Å². The van der Waals surface area contributed by atoms with Gasteiger partial charge in [-0.1, -0.05) is 54.9 Å². The van der Waals surface area contributed by atoms with Crippen molar-refractivity contribution in [3.05, 3.63) is 105 Å². The molecule has 0 unspecified atom stereocenters. The Balaban J connectivity index is 1.27. The predicted octanol–water partition coefficient (Wildman–Crippen LogP) is 11.6. The summed E-state index contributed by atoms with van der Waals surface area (Å²) in [7, 11) is 0. The van der Waals surface area contributed by atoms with Crippen molar-refractivity contribution < 1.29 is 27.8 Å². The normalized spacial score (nSPS) is 22.1. The smallest absolute Gasteiger partial charge is 0.410 e. The van der Waals surface area contributed by atoms with Crippen LogP contribution >= 0.6 is 23.2 Å². The number of rotatable bonds is 10. The maximum Gasteiger partial charge on any atom is 0.410 e. The summed E-state index contributed by atoms with van der Waals surface area (Å²) in [5, 5.41) is 21.2. The molecule has 0 radical (unpaired) electrons. The molecule has 2 amide bonds. The fraction of sp³-hybridized carbons (Fsp3) is 0.420. The van der Waals surface area contributed by atoms with Gasteiger partial charge >= 0.3 is 6.09 Å². The van der Waals surface area contributed by atoms with Crippen LogP contribution in [0, 0.1) is 45.6 Å². The van der Waals surface area contributed by atoms with E-state index in [1.807, 2.05) is 51.7 Å². The predicted molar refractivity (Wildman–Crippen MR) is 241 cm³/mol. The van der Waals surface area contributed by atoms with E-state index in [1.54, 1.807) is 29.2 Å². The van der Waals surface area contributed by atoms with Crippen molar-refractivity contribution >= 4 is 62.6 Å². The van der Waals surface area contributed by atoms with Gasteiger partial charge in [-0.25, -0.2) is 18.6 Å². The van der Waals surface area contributed by atoms with Crippen molar-refractivity contribution in [3.8, 4) is 23.3 Å². The van der Waals surface area contributed by atoms with E-state index in [0.717, 1.165) is 25.0 Å². The third-order valence-corrected chi connectivity index (χ3v) is 14.3. The summed E-state index contributed by atoms with van der Waals surface area (Å²) in [4.78, 5) is 37.2. The molecule has 5 heterocycles. The molecule has 2 aliphatic carbocycles. The fourth-order valence-corrected chi connectivity index (χ4v) is 10.5. The average Bonchev–Trinajstić information content (AvgIpc) is 3.63. The van der Waals surface area contributed by atoms with E-state index in [-0.39, 0.29) is 76.6 Å². The number of nitrogens with zero attached hydrogens (tertiary/aromatic N) is 6. The van der Waals surface area contributed by atoms with Gasteiger partial charge in [-0.2, -0.15) is 10.5 Å². The number of nitriles is 2. The van der Waals surface area contributed by atoms with Crippen LogP contribution in [0.4, 0.5) is 13.6 Å². The molecule has 10 rings (SSSR count). The third kappa shape index (κ3) is 7.47. The molecule has 2 saturated carbocycles. The second-order valence-electron chi connectivity index (χ2n) is 19.1. The van der Waals surface area contributed by atoms with Crippen LogP contribution in [-0.4, -0.2) is 62.2 Å². The summed E-state index contributed by atoms with van der Waals surface area (Å²) in [6.07, 6.45) is 2.08. The Bertz CT molecular complexity index is 2890. The first-order valence-corrected chi connectivity index (χ1v) is 22.5. The quantitative estimate of drug-likeness (QED) is 0.137. The molecule has 2 aromatic heterocycles. The van der Waals surface area contributed by atoms with E-state index in [2.05, 4.69) is 23.3 Å². The number of halogens is 4. The first-order valence-electron chi connectivity index (χ1n) is 21.7. The number of aromatic nitrogens is 2. The number of benzene rings is 3. The summed E-state index contributed by atoms with van der Waals surface area (Å²) in [5.74, 6) is -1.12. The Kier molecular flexibility index (Phi) is 11.0. The maximum atomic E-state index is 17.7. The highest BCUT2D eigenvalue weighted by Crippen LogP contribution is 2.56. The van der Waals surface area contributed by atoms with Crippen molar-refractivity contribution in [2.75, 3.05) is 13.1 Å². The number of hydrogen-bond acceptors (Lipinski definition) is 7. The van der Waals surface area contributed by atoms with Gasteiger partial charge in [0.25, 0.3) is 0 Å². The zero-order valence-electron chi connectivity index (χ0n) is 36.4. The molecule has 3 aromatic carbocycles. The zero-order chi connectivity index (χ0) is 45.6. The highest BCUT2D eigenvalue weighted by atomic mass is 35.5. The molecule has 0 spiro atoms. The minimum atomic E-state index is -0.718. The molecule has 64 heavy (non-hydrogen) atoms. The number of carbonyl (C=O) groups is 2. The van der Waals surface area contributed by atoms with Crippen molar-refractivity contribution in [1.82, 2.24) is 19.4 Å². The molecule has 3 aliphatic heterocycles. The topological polar surface area (TPSA) is 124 Å². The minimum absolute atomic E-state index is 0.00264. The zero-order valence-corrected chi connectivity index (χ0v) is 37.9. The number of carbonyl (C=O) groups excluding carboxylic acids is 2. The molecular weight excluding hydrogens is 857 g/mol. The number of amides is 2. The molecule has 0 N–H and O–H groups in total. The van der Waals surface area contributed by atoms with Gasteiger partial charge in [-0.05, 0) is 100 Å². The Hall–Kier alpha value is -5.53. The molecule has 5 aliphatic rings. The lowest BCUT2D eigenvalue weighted by atomic mass is 9.79. The largest absolute Gasteiger partial charge is 0.444 e. The van der Waals surface area contributed by atoms with Gasteiger partial charge in [0, 0.05) is 64.9 Å². The monoisotopic (exact) mass is 904 g/mol. The summed E-state index contributed by atoms with van der Waals surface area (Å²) in [6, 6.07) is 16.2. The molecule has 3 saturated heterocycles. The SMILES string of the molecule is C=C(C)c1nc2c(F)c(-c3cccc(Cl)c3Cl)c(CCC#N)cc2c2c1cc([C@H]1C[C@H](OCc3ccc(F)cc3C#N)CN1C(=O)C1(C)CC1)n2[C@H]1[C@@H]2C[C@H]1N(C(=O)OC(C)(C)C)C2. The van der Waals surface area contributed by atoms with Crippen molar-refractivity contribution in [2.45, 2.75) is 110 Å². The number of likely N-dealkylation sites (tertiary alicyclic amines) is 1. The van der Waals surface area contributed by atoms with E-state index in [0.29, 0.717) is 57.2 Å². The van der Waals surface area contributed by atoms with E-state index in [1.165, 1.54) is 12.1 Å². The Labute approximate surface area is 380 Å². The van der Waals surface area contributed by atoms with Gasteiger partial charge in [0.2, 0.25) is 5.91 Å². The van der Waals surface area contributed by atoms with Crippen molar-refractivity contribution in [2.24, 2.45) is 11.3 Å². The van der Waals surface area contributed by atoms with Gasteiger partial charge in [0.05, 0.1) is 69.8 Å². The number of fused-ring (bicyclic) bond motifs is 4. The van der Waals surface area contributed by atoms with Crippen LogP contribution < -0.4 is 0 Å². The second-order valence-corrected chi connectivity index (χ2v) is 19.9. The fourth-order valence-electron chi connectivity index (χ4n) is 10.1. The first kappa shape index (κ1) is 43.7. The maximum absolute atomic E-state index is 17.7. The lowest BCUT2D eigenvalue weighted by molar-refractivity contribution is -0.138. The molecule has 2 bridgehead atoms. The van der Waals surface area contributed by atoms with E-state index < -0.39 is 40.9 Å². The molecule has 5 fully saturated rings. The molecular formula is C50H48Cl2F2N6O4. The van der Waals surface area contributed by atoms with Crippen LogP contribution in [0.15, 0.2) is 55.1 Å². The Morgan fingerprint density at radius 1 is 1.02 bits per heavy atom. The van der Waals surface area contributed by atoms with Crippen LogP contribution in [0.3, 0.4) is 0 Å². The average molecular weight is 906 g/mol. The molecule has 10 nitrogen and oxygen atoms in total. The number of pyridine rings is 1. The first-order chi connectivity index (χ1) is 30.4. The number of hydrogen-bond donors (Lipinski definition) is 0. The highest BCUT2D eigenvalue weighted by Gasteiger charge is 2.58. The van der Waals surface area contributed by atoms with E-state index in [4.69, 9.17) is 37.7 Å². The standard InChI is InChI=1S/C50H48Cl2F2N6O4/c1-26(2)43-35-21-38(37-20-32(24-58(37)47(61)50(6)14-15-50)63-25-28-12-13-31(53)17-29(28)22-56)60(45-30-19-39(45)59(23-30)48(62)64-49(3,4)5)46(35)34-18-27(9-8-16-55)40(42(54)44(34)57-43)33-10-7-11-36(51)41(33)52/h7,10-13,17-18,21,30,32,37,39,45H,1,8-9,14-15,19-20,23-25H2,2-6H3/t30-,32+,37-,39-,45+/m1/s1. The Morgan fingerprint density at radius 3 is 2.47 bits per heavy atom.